The highest BCUT2D eigenvalue weighted by Crippen LogP contribution is 2.61. The highest BCUT2D eigenvalue weighted by Gasteiger charge is 2.51. The van der Waals surface area contributed by atoms with Gasteiger partial charge in [0.2, 0.25) is 0 Å². The predicted octanol–water partition coefficient (Wildman–Crippen LogP) is 6.37. The van der Waals surface area contributed by atoms with E-state index in [9.17, 15) is 4.79 Å². The topological polar surface area (TPSA) is 26.3 Å². The quantitative estimate of drug-likeness (QED) is 0.595. The second kappa shape index (κ2) is 6.63. The summed E-state index contributed by atoms with van der Waals surface area (Å²) in [6, 6.07) is 7.85. The lowest BCUT2D eigenvalue weighted by Crippen LogP contribution is -2.48. The van der Waals surface area contributed by atoms with E-state index in [1.807, 2.05) is 12.1 Å². The maximum Gasteiger partial charge on any atom is 0.337 e. The molecule has 2 nitrogen and oxygen atoms in total. The molecule has 1 aromatic rings. The smallest absolute Gasteiger partial charge is 0.337 e. The first-order valence-electron chi connectivity index (χ1n) is 9.40. The largest absolute Gasteiger partial charge is 0.465 e. The van der Waals surface area contributed by atoms with Gasteiger partial charge in [-0.1, -0.05) is 73.1 Å². The van der Waals surface area contributed by atoms with Crippen LogP contribution in [0.5, 0.6) is 0 Å². The van der Waals surface area contributed by atoms with Gasteiger partial charge in [0, 0.05) is 0 Å². The van der Waals surface area contributed by atoms with E-state index in [1.165, 1.54) is 24.7 Å². The number of carbonyl (C=O) groups is 1. The highest BCUT2D eigenvalue weighted by atomic mass is 16.5. The molecule has 1 aromatic carbocycles. The molecular weight excluding hydrogens is 308 g/mol. The number of esters is 1. The molecule has 0 heterocycles. The van der Waals surface area contributed by atoms with E-state index in [0.717, 1.165) is 6.42 Å². The van der Waals surface area contributed by atoms with Crippen molar-refractivity contribution in [2.24, 2.45) is 22.2 Å². The maximum atomic E-state index is 11.7. The van der Waals surface area contributed by atoms with Crippen molar-refractivity contribution in [3.8, 4) is 0 Å². The molecule has 0 amide bonds. The summed E-state index contributed by atoms with van der Waals surface area (Å²) in [5, 5.41) is 0. The van der Waals surface area contributed by atoms with Crippen molar-refractivity contribution in [1.82, 2.24) is 0 Å². The minimum atomic E-state index is -0.283. The van der Waals surface area contributed by atoms with Crippen molar-refractivity contribution in [3.63, 3.8) is 0 Å². The summed E-state index contributed by atoms with van der Waals surface area (Å²) in [4.78, 5) is 11.7. The molecular formula is C23H34O2. The lowest BCUT2D eigenvalue weighted by atomic mass is 9.48. The third-order valence-corrected chi connectivity index (χ3v) is 7.51. The van der Waals surface area contributed by atoms with Gasteiger partial charge in [0.1, 0.15) is 0 Å². The van der Waals surface area contributed by atoms with E-state index in [0.29, 0.717) is 16.9 Å². The minimum Gasteiger partial charge on any atom is -0.465 e. The minimum absolute atomic E-state index is 0.0756. The fourth-order valence-electron chi connectivity index (χ4n) is 4.44. The van der Waals surface area contributed by atoms with Crippen LogP contribution < -0.4 is 0 Å². The molecule has 2 unspecified atom stereocenters. The first-order valence-corrected chi connectivity index (χ1v) is 9.40. The van der Waals surface area contributed by atoms with Crippen LogP contribution in [0.1, 0.15) is 77.2 Å². The van der Waals surface area contributed by atoms with Crippen LogP contribution in [-0.4, -0.2) is 13.1 Å². The molecule has 0 saturated carbocycles. The van der Waals surface area contributed by atoms with E-state index < -0.39 is 0 Å². The predicted molar refractivity (Wildman–Crippen MR) is 105 cm³/mol. The van der Waals surface area contributed by atoms with Crippen molar-refractivity contribution in [3.05, 3.63) is 41.5 Å². The fourth-order valence-corrected chi connectivity index (χ4v) is 4.44. The maximum absolute atomic E-state index is 11.7. The molecule has 0 N–H and O–H groups in total. The van der Waals surface area contributed by atoms with E-state index in [4.69, 9.17) is 4.74 Å². The van der Waals surface area contributed by atoms with Crippen LogP contribution in [0.25, 0.3) is 5.57 Å². The summed E-state index contributed by atoms with van der Waals surface area (Å²) in [5.74, 6) is 0.268. The van der Waals surface area contributed by atoms with Gasteiger partial charge in [0.05, 0.1) is 12.7 Å². The molecule has 0 aromatic heterocycles. The summed E-state index contributed by atoms with van der Waals surface area (Å²) < 4.78 is 4.80. The first-order chi connectivity index (χ1) is 11.5. The van der Waals surface area contributed by atoms with Gasteiger partial charge in [-0.15, -0.1) is 0 Å². The molecule has 2 rings (SSSR count). The zero-order chi connectivity index (χ0) is 19.0. The molecule has 0 fully saturated rings. The molecule has 25 heavy (non-hydrogen) atoms. The zero-order valence-electron chi connectivity index (χ0n) is 17.2. The van der Waals surface area contributed by atoms with Crippen molar-refractivity contribution >= 4 is 11.5 Å². The molecule has 2 heteroatoms. The van der Waals surface area contributed by atoms with Gasteiger partial charge in [0.15, 0.2) is 0 Å². The Kier molecular flexibility index (Phi) is 5.23. The van der Waals surface area contributed by atoms with Gasteiger partial charge in [-0.25, -0.2) is 4.79 Å². The second-order valence-corrected chi connectivity index (χ2v) is 8.99. The normalized spacial score (nSPS) is 26.1. The lowest BCUT2D eigenvalue weighted by Gasteiger charge is -2.56. The molecule has 0 aliphatic heterocycles. The number of ether oxygens (including phenoxy) is 1. The highest BCUT2D eigenvalue weighted by molar-refractivity contribution is 5.89. The standard InChI is InChI=1S/C23H34O2/c1-9-21(3,4)23(7)15-14-19(22(5,6)16(23)2)17-10-12-18(13-11-17)20(24)25-8/h10-14,16H,9,15H2,1-8H3. The third kappa shape index (κ3) is 3.16. The number of allylic oxidation sites excluding steroid dienone is 2. The Morgan fingerprint density at radius 3 is 2.24 bits per heavy atom. The Labute approximate surface area is 153 Å². The zero-order valence-corrected chi connectivity index (χ0v) is 17.2. The van der Waals surface area contributed by atoms with E-state index in [2.05, 4.69) is 66.7 Å². The van der Waals surface area contributed by atoms with Gasteiger partial charge in [-0.05, 0) is 51.9 Å². The Morgan fingerprint density at radius 2 is 1.76 bits per heavy atom. The summed E-state index contributed by atoms with van der Waals surface area (Å²) >= 11 is 0. The third-order valence-electron chi connectivity index (χ3n) is 7.51. The van der Waals surface area contributed by atoms with E-state index >= 15 is 0 Å². The number of rotatable bonds is 4. The van der Waals surface area contributed by atoms with Gasteiger partial charge >= 0.3 is 5.97 Å². The van der Waals surface area contributed by atoms with Gasteiger partial charge in [-0.2, -0.15) is 0 Å². The average Bonchev–Trinajstić information content (AvgIpc) is 2.59. The van der Waals surface area contributed by atoms with Crippen LogP contribution in [0.15, 0.2) is 30.3 Å². The average molecular weight is 343 g/mol. The van der Waals surface area contributed by atoms with Crippen molar-refractivity contribution < 1.29 is 9.53 Å². The molecule has 0 bridgehead atoms. The summed E-state index contributed by atoms with van der Waals surface area (Å²) in [6.45, 7) is 16.7. The monoisotopic (exact) mass is 342 g/mol. The van der Waals surface area contributed by atoms with E-state index in [-0.39, 0.29) is 16.8 Å². The summed E-state index contributed by atoms with van der Waals surface area (Å²) in [6.07, 6.45) is 4.71. The Bertz CT molecular complexity index is 664. The Hall–Kier alpha value is -1.57. The Morgan fingerprint density at radius 1 is 1.20 bits per heavy atom. The Balaban J connectivity index is 2.44. The van der Waals surface area contributed by atoms with Gasteiger partial charge in [-0.3, -0.25) is 0 Å². The summed E-state index contributed by atoms with van der Waals surface area (Å²) in [7, 11) is 1.42. The fraction of sp³-hybridized carbons (Fsp3) is 0.609. The molecule has 0 radical (unpaired) electrons. The van der Waals surface area contributed by atoms with Gasteiger partial charge < -0.3 is 4.74 Å². The van der Waals surface area contributed by atoms with Crippen LogP contribution in [0.2, 0.25) is 0 Å². The van der Waals surface area contributed by atoms with Crippen LogP contribution in [0.4, 0.5) is 0 Å². The second-order valence-electron chi connectivity index (χ2n) is 8.99. The van der Waals surface area contributed by atoms with Crippen LogP contribution in [-0.2, 0) is 4.74 Å². The number of hydrogen-bond acceptors (Lipinski definition) is 2. The number of carbonyl (C=O) groups excluding carboxylic acids is 1. The van der Waals surface area contributed by atoms with Crippen molar-refractivity contribution in [2.75, 3.05) is 7.11 Å². The molecule has 1 aliphatic rings. The van der Waals surface area contributed by atoms with Crippen molar-refractivity contribution in [2.45, 2.75) is 61.3 Å². The van der Waals surface area contributed by atoms with Crippen LogP contribution in [0.3, 0.4) is 0 Å². The number of benzene rings is 1. The van der Waals surface area contributed by atoms with Crippen molar-refractivity contribution in [1.29, 1.82) is 0 Å². The SMILES string of the molecule is CCC(C)(C)C1(C)CC=C(c2ccc(C(=O)OC)cc2)C(C)(C)C1C. The molecule has 2 atom stereocenters. The molecule has 1 aliphatic carbocycles. The van der Waals surface area contributed by atoms with Crippen LogP contribution >= 0.6 is 0 Å². The number of hydrogen-bond donors (Lipinski definition) is 0. The first kappa shape index (κ1) is 19.8. The van der Waals surface area contributed by atoms with Crippen LogP contribution in [0, 0.1) is 22.2 Å². The lowest BCUT2D eigenvalue weighted by molar-refractivity contribution is -0.0192. The number of methoxy groups -OCH3 is 1. The van der Waals surface area contributed by atoms with E-state index in [1.54, 1.807) is 0 Å². The summed E-state index contributed by atoms with van der Waals surface area (Å²) in [5.41, 5.74) is 3.83. The molecule has 0 saturated heterocycles. The molecule has 0 spiro atoms. The molecule has 138 valence electrons. The van der Waals surface area contributed by atoms with Gasteiger partial charge in [0.25, 0.3) is 0 Å².